The summed E-state index contributed by atoms with van der Waals surface area (Å²) in [4.78, 5) is 12.8. The average molecular weight is 278 g/mol. The Bertz CT molecular complexity index is 692. The molecule has 2 aromatic carbocycles. The molecule has 0 aromatic heterocycles. The SMILES string of the molecule is CC1Cc2cc(C(=O)C3Cc4ccccc4C3)ccc2O1. The molecule has 1 aliphatic carbocycles. The second kappa shape index (κ2) is 4.73. The third-order valence-corrected chi connectivity index (χ3v) is 4.60. The van der Waals surface area contributed by atoms with Gasteiger partial charge in [0.1, 0.15) is 11.9 Å². The summed E-state index contributed by atoms with van der Waals surface area (Å²) in [5, 5.41) is 0. The summed E-state index contributed by atoms with van der Waals surface area (Å²) in [5.41, 5.74) is 4.66. The van der Waals surface area contributed by atoms with Crippen molar-refractivity contribution in [2.24, 2.45) is 5.92 Å². The number of ketones is 1. The normalized spacial score (nSPS) is 20.0. The lowest BCUT2D eigenvalue weighted by Crippen LogP contribution is -2.15. The molecule has 2 heteroatoms. The molecule has 1 heterocycles. The van der Waals surface area contributed by atoms with Gasteiger partial charge in [0.05, 0.1) is 0 Å². The second-order valence-electron chi connectivity index (χ2n) is 6.19. The standard InChI is InChI=1S/C19H18O2/c1-12-8-16-11-15(6-7-18(16)21-12)19(20)17-9-13-4-2-3-5-14(13)10-17/h2-7,11-12,17H,8-10H2,1H3. The van der Waals surface area contributed by atoms with Crippen LogP contribution in [0, 0.1) is 5.92 Å². The van der Waals surface area contributed by atoms with Crippen LogP contribution in [0.15, 0.2) is 42.5 Å². The molecule has 1 atom stereocenters. The van der Waals surface area contributed by atoms with Gasteiger partial charge in [0.15, 0.2) is 5.78 Å². The van der Waals surface area contributed by atoms with E-state index in [1.54, 1.807) is 0 Å². The zero-order valence-electron chi connectivity index (χ0n) is 12.1. The van der Waals surface area contributed by atoms with Gasteiger partial charge >= 0.3 is 0 Å². The van der Waals surface area contributed by atoms with Gasteiger partial charge in [0, 0.05) is 17.9 Å². The Morgan fingerprint density at radius 2 is 1.71 bits per heavy atom. The summed E-state index contributed by atoms with van der Waals surface area (Å²) in [6, 6.07) is 14.3. The third kappa shape index (κ3) is 2.15. The van der Waals surface area contributed by atoms with Gasteiger partial charge in [-0.2, -0.15) is 0 Å². The van der Waals surface area contributed by atoms with Crippen LogP contribution in [0.5, 0.6) is 5.75 Å². The number of carbonyl (C=O) groups excluding carboxylic acids is 1. The van der Waals surface area contributed by atoms with Gasteiger partial charge in [-0.1, -0.05) is 24.3 Å². The van der Waals surface area contributed by atoms with Crippen molar-refractivity contribution in [3.63, 3.8) is 0 Å². The van der Waals surface area contributed by atoms with Crippen molar-refractivity contribution in [1.29, 1.82) is 0 Å². The zero-order valence-corrected chi connectivity index (χ0v) is 12.1. The number of rotatable bonds is 2. The Balaban J connectivity index is 1.58. The quantitative estimate of drug-likeness (QED) is 0.784. The number of fused-ring (bicyclic) bond motifs is 2. The lowest BCUT2D eigenvalue weighted by molar-refractivity contribution is 0.0924. The summed E-state index contributed by atoms with van der Waals surface area (Å²) in [5.74, 6) is 1.31. The molecule has 0 saturated carbocycles. The van der Waals surface area contributed by atoms with Crippen molar-refractivity contribution in [2.75, 3.05) is 0 Å². The van der Waals surface area contributed by atoms with Crippen LogP contribution < -0.4 is 4.74 Å². The fourth-order valence-corrected chi connectivity index (χ4v) is 3.56. The topological polar surface area (TPSA) is 26.3 Å². The molecule has 1 aliphatic heterocycles. The zero-order chi connectivity index (χ0) is 14.4. The summed E-state index contributed by atoms with van der Waals surface area (Å²) in [6.07, 6.45) is 2.88. The van der Waals surface area contributed by atoms with Crippen molar-refractivity contribution >= 4 is 5.78 Å². The molecule has 0 radical (unpaired) electrons. The molecular formula is C19H18O2. The van der Waals surface area contributed by atoms with E-state index in [4.69, 9.17) is 4.74 Å². The predicted molar refractivity (Wildman–Crippen MR) is 81.9 cm³/mol. The van der Waals surface area contributed by atoms with E-state index >= 15 is 0 Å². The molecule has 106 valence electrons. The Kier molecular flexibility index (Phi) is 2.85. The Morgan fingerprint density at radius 1 is 1.00 bits per heavy atom. The molecule has 0 amide bonds. The Labute approximate surface area is 124 Å². The minimum atomic E-state index is 0.0974. The molecule has 0 N–H and O–H groups in total. The number of benzene rings is 2. The summed E-state index contributed by atoms with van der Waals surface area (Å²) >= 11 is 0. The average Bonchev–Trinajstić information content (AvgIpc) is 3.07. The maximum Gasteiger partial charge on any atom is 0.166 e. The fraction of sp³-hybridized carbons (Fsp3) is 0.316. The van der Waals surface area contributed by atoms with Gasteiger partial charge in [0.25, 0.3) is 0 Å². The fourth-order valence-electron chi connectivity index (χ4n) is 3.56. The highest BCUT2D eigenvalue weighted by molar-refractivity contribution is 5.99. The molecular weight excluding hydrogens is 260 g/mol. The lowest BCUT2D eigenvalue weighted by Gasteiger charge is -2.09. The first kappa shape index (κ1) is 12.6. The van der Waals surface area contributed by atoms with Gasteiger partial charge in [-0.05, 0) is 54.7 Å². The van der Waals surface area contributed by atoms with Gasteiger partial charge in [-0.25, -0.2) is 0 Å². The number of hydrogen-bond acceptors (Lipinski definition) is 2. The highest BCUT2D eigenvalue weighted by Crippen LogP contribution is 2.33. The van der Waals surface area contributed by atoms with Crippen molar-refractivity contribution < 1.29 is 9.53 Å². The highest BCUT2D eigenvalue weighted by atomic mass is 16.5. The molecule has 21 heavy (non-hydrogen) atoms. The molecule has 0 bridgehead atoms. The molecule has 2 aliphatic rings. The smallest absolute Gasteiger partial charge is 0.166 e. The first-order chi connectivity index (χ1) is 10.2. The minimum Gasteiger partial charge on any atom is -0.490 e. The van der Waals surface area contributed by atoms with Crippen molar-refractivity contribution in [2.45, 2.75) is 32.3 Å². The number of Topliss-reactive ketones (excluding diaryl/α,β-unsaturated/α-hetero) is 1. The van der Waals surface area contributed by atoms with E-state index < -0.39 is 0 Å². The maximum atomic E-state index is 12.8. The van der Waals surface area contributed by atoms with Gasteiger partial charge in [-0.3, -0.25) is 4.79 Å². The van der Waals surface area contributed by atoms with Crippen LogP contribution in [0.2, 0.25) is 0 Å². The van der Waals surface area contributed by atoms with Crippen LogP contribution in [-0.2, 0) is 19.3 Å². The largest absolute Gasteiger partial charge is 0.490 e. The van der Waals surface area contributed by atoms with Crippen LogP contribution in [0.4, 0.5) is 0 Å². The van der Waals surface area contributed by atoms with E-state index in [-0.39, 0.29) is 17.8 Å². The predicted octanol–water partition coefficient (Wildman–Crippen LogP) is 3.61. The molecule has 2 aromatic rings. The van der Waals surface area contributed by atoms with E-state index in [1.807, 2.05) is 18.2 Å². The molecule has 0 fully saturated rings. The molecule has 1 unspecified atom stereocenters. The van der Waals surface area contributed by atoms with Crippen LogP contribution in [0.1, 0.15) is 34.0 Å². The van der Waals surface area contributed by atoms with Gasteiger partial charge < -0.3 is 4.74 Å². The Hall–Kier alpha value is -2.09. The summed E-state index contributed by atoms with van der Waals surface area (Å²) < 4.78 is 5.71. The minimum absolute atomic E-state index is 0.0974. The van der Waals surface area contributed by atoms with E-state index in [0.717, 1.165) is 30.6 Å². The van der Waals surface area contributed by atoms with Crippen LogP contribution in [0.25, 0.3) is 0 Å². The third-order valence-electron chi connectivity index (χ3n) is 4.60. The van der Waals surface area contributed by atoms with E-state index in [9.17, 15) is 4.79 Å². The molecule has 0 saturated heterocycles. The summed E-state index contributed by atoms with van der Waals surface area (Å²) in [6.45, 7) is 2.06. The van der Waals surface area contributed by atoms with E-state index in [1.165, 1.54) is 16.7 Å². The van der Waals surface area contributed by atoms with E-state index in [2.05, 4.69) is 31.2 Å². The maximum absolute atomic E-state index is 12.8. The number of hydrogen-bond donors (Lipinski definition) is 0. The van der Waals surface area contributed by atoms with Crippen LogP contribution >= 0.6 is 0 Å². The summed E-state index contributed by atoms with van der Waals surface area (Å²) in [7, 11) is 0. The van der Waals surface area contributed by atoms with Crippen molar-refractivity contribution in [3.05, 3.63) is 64.7 Å². The molecule has 2 nitrogen and oxygen atoms in total. The number of carbonyl (C=O) groups is 1. The second-order valence-corrected chi connectivity index (χ2v) is 6.19. The van der Waals surface area contributed by atoms with Gasteiger partial charge in [0.2, 0.25) is 0 Å². The van der Waals surface area contributed by atoms with Crippen molar-refractivity contribution in [1.82, 2.24) is 0 Å². The molecule has 4 rings (SSSR count). The van der Waals surface area contributed by atoms with Crippen LogP contribution in [0.3, 0.4) is 0 Å². The molecule has 0 spiro atoms. The highest BCUT2D eigenvalue weighted by Gasteiger charge is 2.29. The van der Waals surface area contributed by atoms with Gasteiger partial charge in [-0.15, -0.1) is 0 Å². The first-order valence-electron chi connectivity index (χ1n) is 7.61. The lowest BCUT2D eigenvalue weighted by atomic mass is 9.93. The van der Waals surface area contributed by atoms with E-state index in [0.29, 0.717) is 0 Å². The van der Waals surface area contributed by atoms with Crippen LogP contribution in [-0.4, -0.2) is 11.9 Å². The number of ether oxygens (including phenoxy) is 1. The monoisotopic (exact) mass is 278 g/mol. The Morgan fingerprint density at radius 3 is 2.43 bits per heavy atom. The van der Waals surface area contributed by atoms with Crippen molar-refractivity contribution in [3.8, 4) is 5.75 Å². The first-order valence-corrected chi connectivity index (χ1v) is 7.61.